The average Bonchev–Trinajstić information content (AvgIpc) is 2.37. The number of halogens is 1. The van der Waals surface area contributed by atoms with Crippen LogP contribution in [0.25, 0.3) is 0 Å². The molecule has 0 spiro atoms. The van der Waals surface area contributed by atoms with E-state index in [9.17, 15) is 4.79 Å². The number of hydrogen-bond acceptors (Lipinski definition) is 4. The number of aromatic nitrogens is 1. The van der Waals surface area contributed by atoms with Crippen LogP contribution in [0.15, 0.2) is 12.1 Å². The Morgan fingerprint density at radius 1 is 1.56 bits per heavy atom. The van der Waals surface area contributed by atoms with E-state index in [4.69, 9.17) is 16.3 Å². The first-order chi connectivity index (χ1) is 8.58. The second-order valence-electron chi connectivity index (χ2n) is 3.89. The fraction of sp³-hybridized carbons (Fsp3) is 0.500. The lowest BCUT2D eigenvalue weighted by atomic mass is 10.2. The van der Waals surface area contributed by atoms with Gasteiger partial charge in [0.05, 0.1) is 0 Å². The number of nitrogens with one attached hydrogen (secondary N) is 1. The zero-order valence-electron chi connectivity index (χ0n) is 10.9. The summed E-state index contributed by atoms with van der Waals surface area (Å²) in [5, 5.41) is 3.17. The van der Waals surface area contributed by atoms with Gasteiger partial charge in [0.2, 0.25) is 0 Å². The maximum absolute atomic E-state index is 12.1. The maximum Gasteiger partial charge on any atom is 0.253 e. The van der Waals surface area contributed by atoms with Crippen molar-refractivity contribution in [1.29, 1.82) is 0 Å². The van der Waals surface area contributed by atoms with E-state index >= 15 is 0 Å². The fourth-order valence-corrected chi connectivity index (χ4v) is 1.73. The number of pyridine rings is 1. The Morgan fingerprint density at radius 3 is 2.89 bits per heavy atom. The van der Waals surface area contributed by atoms with Crippen LogP contribution >= 0.6 is 11.6 Å². The van der Waals surface area contributed by atoms with E-state index in [1.807, 2.05) is 0 Å². The van der Waals surface area contributed by atoms with E-state index < -0.39 is 0 Å². The summed E-state index contributed by atoms with van der Waals surface area (Å²) in [6.45, 7) is 1.28. The van der Waals surface area contributed by atoms with Crippen LogP contribution < -0.4 is 5.32 Å². The summed E-state index contributed by atoms with van der Waals surface area (Å²) >= 11 is 5.86. The van der Waals surface area contributed by atoms with E-state index in [0.717, 1.165) is 6.42 Å². The molecule has 0 fully saturated rings. The smallest absolute Gasteiger partial charge is 0.253 e. The first kappa shape index (κ1) is 14.7. The molecule has 1 amide bonds. The van der Waals surface area contributed by atoms with E-state index in [-0.39, 0.29) is 5.91 Å². The molecule has 1 aromatic rings. The van der Waals surface area contributed by atoms with Crippen molar-refractivity contribution < 1.29 is 9.53 Å². The zero-order valence-corrected chi connectivity index (χ0v) is 11.6. The van der Waals surface area contributed by atoms with Gasteiger partial charge in [0.15, 0.2) is 0 Å². The minimum absolute atomic E-state index is 0.0769. The molecule has 6 heteroatoms. The standard InChI is InChI=1S/C12H18ClN3O2/c1-14-11-8-9(7-10(13)15-11)12(17)16(2)5-4-6-18-3/h7-8H,4-6H2,1-3H3,(H,14,15). The summed E-state index contributed by atoms with van der Waals surface area (Å²) in [6, 6.07) is 3.25. The van der Waals surface area contributed by atoms with Crippen LogP contribution in [0.5, 0.6) is 0 Å². The summed E-state index contributed by atoms with van der Waals surface area (Å²) in [5.41, 5.74) is 0.527. The topological polar surface area (TPSA) is 54.5 Å². The van der Waals surface area contributed by atoms with Gasteiger partial charge in [-0.15, -0.1) is 0 Å². The molecule has 0 saturated heterocycles. The normalized spacial score (nSPS) is 10.2. The van der Waals surface area contributed by atoms with Crippen LogP contribution in [0.1, 0.15) is 16.8 Å². The maximum atomic E-state index is 12.1. The molecule has 100 valence electrons. The SMILES string of the molecule is CNc1cc(C(=O)N(C)CCCOC)cc(Cl)n1. The minimum atomic E-state index is -0.0769. The quantitative estimate of drug-likeness (QED) is 0.634. The molecule has 1 rings (SSSR count). The summed E-state index contributed by atoms with van der Waals surface area (Å²) in [6.07, 6.45) is 0.802. The Labute approximate surface area is 112 Å². The molecule has 0 aliphatic rings. The lowest BCUT2D eigenvalue weighted by Crippen LogP contribution is -2.28. The van der Waals surface area contributed by atoms with Crippen molar-refractivity contribution in [3.05, 3.63) is 22.8 Å². The number of carbonyl (C=O) groups excluding carboxylic acids is 1. The van der Waals surface area contributed by atoms with Gasteiger partial charge in [-0.1, -0.05) is 11.6 Å². The summed E-state index contributed by atoms with van der Waals surface area (Å²) in [7, 11) is 5.13. The first-order valence-electron chi connectivity index (χ1n) is 5.68. The van der Waals surface area contributed by atoms with Crippen LogP contribution in [-0.2, 0) is 4.74 Å². The third-order valence-electron chi connectivity index (χ3n) is 2.49. The molecular weight excluding hydrogens is 254 g/mol. The van der Waals surface area contributed by atoms with Gasteiger partial charge in [0, 0.05) is 39.9 Å². The van der Waals surface area contributed by atoms with Crippen molar-refractivity contribution in [3.63, 3.8) is 0 Å². The van der Waals surface area contributed by atoms with Crippen molar-refractivity contribution in [3.8, 4) is 0 Å². The van der Waals surface area contributed by atoms with Gasteiger partial charge in [-0.05, 0) is 18.6 Å². The number of amides is 1. The molecular formula is C12H18ClN3O2. The van der Waals surface area contributed by atoms with E-state index in [1.165, 1.54) is 0 Å². The van der Waals surface area contributed by atoms with Gasteiger partial charge in [-0.3, -0.25) is 4.79 Å². The molecule has 0 aliphatic heterocycles. The van der Waals surface area contributed by atoms with Crippen molar-refractivity contribution in [2.75, 3.05) is 39.7 Å². The third-order valence-corrected chi connectivity index (χ3v) is 2.68. The Bertz CT molecular complexity index is 412. The second-order valence-corrected chi connectivity index (χ2v) is 4.27. The zero-order chi connectivity index (χ0) is 13.5. The second kappa shape index (κ2) is 7.18. The lowest BCUT2D eigenvalue weighted by Gasteiger charge is -2.17. The van der Waals surface area contributed by atoms with Crippen LogP contribution in [0.2, 0.25) is 5.15 Å². The molecule has 1 N–H and O–H groups in total. The van der Waals surface area contributed by atoms with E-state index in [0.29, 0.717) is 29.7 Å². The molecule has 0 bridgehead atoms. The third kappa shape index (κ3) is 4.16. The Kier molecular flexibility index (Phi) is 5.88. The molecule has 5 nitrogen and oxygen atoms in total. The monoisotopic (exact) mass is 271 g/mol. The molecule has 0 atom stereocenters. The average molecular weight is 272 g/mol. The number of hydrogen-bond donors (Lipinski definition) is 1. The number of rotatable bonds is 6. The van der Waals surface area contributed by atoms with Crippen LogP contribution in [-0.4, -0.2) is 50.1 Å². The largest absolute Gasteiger partial charge is 0.385 e. The molecule has 18 heavy (non-hydrogen) atoms. The van der Waals surface area contributed by atoms with Crippen LogP contribution in [0, 0.1) is 0 Å². The van der Waals surface area contributed by atoms with E-state index in [1.54, 1.807) is 38.2 Å². The molecule has 0 aromatic carbocycles. The van der Waals surface area contributed by atoms with Gasteiger partial charge < -0.3 is 15.0 Å². The van der Waals surface area contributed by atoms with Gasteiger partial charge in [0.25, 0.3) is 5.91 Å². The number of ether oxygens (including phenoxy) is 1. The number of methoxy groups -OCH3 is 1. The predicted molar refractivity (Wildman–Crippen MR) is 72.2 cm³/mol. The Hall–Kier alpha value is -1.33. The molecule has 0 radical (unpaired) electrons. The Morgan fingerprint density at radius 2 is 2.28 bits per heavy atom. The number of anilines is 1. The molecule has 0 saturated carbocycles. The summed E-state index contributed by atoms with van der Waals surface area (Å²) < 4.78 is 4.95. The van der Waals surface area contributed by atoms with Crippen LogP contribution in [0.4, 0.5) is 5.82 Å². The van der Waals surface area contributed by atoms with Crippen molar-refractivity contribution in [2.24, 2.45) is 0 Å². The summed E-state index contributed by atoms with van der Waals surface area (Å²) in [5.74, 6) is 0.503. The minimum Gasteiger partial charge on any atom is -0.385 e. The van der Waals surface area contributed by atoms with Gasteiger partial charge >= 0.3 is 0 Å². The summed E-state index contributed by atoms with van der Waals surface area (Å²) in [4.78, 5) is 17.8. The fourth-order valence-electron chi connectivity index (χ4n) is 1.52. The van der Waals surface area contributed by atoms with Crippen LogP contribution in [0.3, 0.4) is 0 Å². The highest BCUT2D eigenvalue weighted by molar-refractivity contribution is 6.29. The molecule has 0 unspecified atom stereocenters. The van der Waals surface area contributed by atoms with Crippen molar-refractivity contribution in [2.45, 2.75) is 6.42 Å². The first-order valence-corrected chi connectivity index (χ1v) is 6.06. The Balaban J connectivity index is 2.73. The number of nitrogens with zero attached hydrogens (tertiary/aromatic N) is 2. The highest BCUT2D eigenvalue weighted by atomic mass is 35.5. The molecule has 1 heterocycles. The van der Waals surface area contributed by atoms with Gasteiger partial charge in [0.1, 0.15) is 11.0 Å². The molecule has 1 aromatic heterocycles. The number of carbonyl (C=O) groups is 1. The van der Waals surface area contributed by atoms with Crippen molar-refractivity contribution in [1.82, 2.24) is 9.88 Å². The van der Waals surface area contributed by atoms with Gasteiger partial charge in [-0.25, -0.2) is 4.98 Å². The highest BCUT2D eigenvalue weighted by Crippen LogP contribution is 2.15. The highest BCUT2D eigenvalue weighted by Gasteiger charge is 2.13. The predicted octanol–water partition coefficient (Wildman–Crippen LogP) is 1.89. The van der Waals surface area contributed by atoms with E-state index in [2.05, 4.69) is 10.3 Å². The van der Waals surface area contributed by atoms with Crippen molar-refractivity contribution >= 4 is 23.3 Å². The molecule has 0 aliphatic carbocycles. The lowest BCUT2D eigenvalue weighted by molar-refractivity contribution is 0.0779. The van der Waals surface area contributed by atoms with Gasteiger partial charge in [-0.2, -0.15) is 0 Å².